The molecular weight excluding hydrogens is 204 g/mol. The van der Waals surface area contributed by atoms with E-state index in [0.29, 0.717) is 19.3 Å². The molecule has 0 saturated carbocycles. The van der Waals surface area contributed by atoms with Gasteiger partial charge < -0.3 is 19.7 Å². The third-order valence-corrected chi connectivity index (χ3v) is 3.18. The van der Waals surface area contributed by atoms with Crippen LogP contribution in [-0.4, -0.2) is 39.4 Å². The van der Waals surface area contributed by atoms with Gasteiger partial charge in [-0.3, -0.25) is 0 Å². The highest BCUT2D eigenvalue weighted by molar-refractivity contribution is 5.58. The van der Waals surface area contributed by atoms with Crippen molar-refractivity contribution in [2.75, 3.05) is 38.3 Å². The molecule has 4 nitrogen and oxygen atoms in total. The van der Waals surface area contributed by atoms with E-state index >= 15 is 0 Å². The molecule has 1 aromatic carbocycles. The maximum Gasteiger partial charge on any atom is 0.163 e. The highest BCUT2D eigenvalue weighted by atomic mass is 16.6. The van der Waals surface area contributed by atoms with Crippen molar-refractivity contribution >= 4 is 5.69 Å². The molecule has 1 N–H and O–H groups in total. The summed E-state index contributed by atoms with van der Waals surface area (Å²) in [4.78, 5) is 2.33. The van der Waals surface area contributed by atoms with Crippen LogP contribution in [0.4, 0.5) is 5.69 Å². The van der Waals surface area contributed by atoms with Crippen molar-refractivity contribution < 1.29 is 9.47 Å². The number of nitrogens with one attached hydrogen (secondary N) is 1. The summed E-state index contributed by atoms with van der Waals surface area (Å²) in [5.74, 6) is 1.73. The second kappa shape index (κ2) is 3.87. The quantitative estimate of drug-likeness (QED) is 0.801. The van der Waals surface area contributed by atoms with Gasteiger partial charge in [-0.15, -0.1) is 0 Å². The first-order valence-corrected chi connectivity index (χ1v) is 5.68. The normalized spacial score (nSPS) is 19.4. The molecule has 4 heteroatoms. The van der Waals surface area contributed by atoms with E-state index in [1.54, 1.807) is 0 Å². The molecule has 0 aromatic heterocycles. The second-order valence-corrected chi connectivity index (χ2v) is 4.22. The molecule has 16 heavy (non-hydrogen) atoms. The molecule has 3 rings (SSSR count). The van der Waals surface area contributed by atoms with Crippen LogP contribution < -0.4 is 19.7 Å². The number of hydrogen-bond donors (Lipinski definition) is 1. The summed E-state index contributed by atoms with van der Waals surface area (Å²) in [7, 11) is 2.01. The van der Waals surface area contributed by atoms with Crippen LogP contribution in [0.5, 0.6) is 11.5 Å². The Balaban J connectivity index is 1.76. The number of nitrogens with zero attached hydrogens (tertiary/aromatic N) is 1. The first-order chi connectivity index (χ1) is 7.86. The topological polar surface area (TPSA) is 33.7 Å². The zero-order valence-corrected chi connectivity index (χ0v) is 9.40. The van der Waals surface area contributed by atoms with Crippen LogP contribution in [0.1, 0.15) is 0 Å². The number of likely N-dealkylation sites (N-methyl/N-ethyl adjacent to an activating group) is 1. The molecule has 2 aliphatic rings. The van der Waals surface area contributed by atoms with Gasteiger partial charge in [0.05, 0.1) is 0 Å². The van der Waals surface area contributed by atoms with E-state index in [-0.39, 0.29) is 0 Å². The lowest BCUT2D eigenvalue weighted by atomic mass is 10.1. The third-order valence-electron chi connectivity index (χ3n) is 3.18. The maximum atomic E-state index is 5.57. The lowest BCUT2D eigenvalue weighted by Crippen LogP contribution is -2.57. The third kappa shape index (κ3) is 1.59. The van der Waals surface area contributed by atoms with Gasteiger partial charge in [-0.05, 0) is 19.2 Å². The number of rotatable bonds is 2. The van der Waals surface area contributed by atoms with Crippen LogP contribution in [0.15, 0.2) is 18.2 Å². The van der Waals surface area contributed by atoms with Crippen LogP contribution in [0.3, 0.4) is 0 Å². The largest absolute Gasteiger partial charge is 0.486 e. The fourth-order valence-corrected chi connectivity index (χ4v) is 2.10. The minimum Gasteiger partial charge on any atom is -0.486 e. The summed E-state index contributed by atoms with van der Waals surface area (Å²) in [5, 5.41) is 3.27. The molecule has 0 bridgehead atoms. The lowest BCUT2D eigenvalue weighted by Gasteiger charge is -2.41. The molecule has 1 aromatic rings. The fraction of sp³-hybridized carbons (Fsp3) is 0.500. The van der Waals surface area contributed by atoms with Gasteiger partial charge in [0.2, 0.25) is 0 Å². The Morgan fingerprint density at radius 1 is 1.19 bits per heavy atom. The molecule has 0 aliphatic carbocycles. The Bertz CT molecular complexity index is 389. The van der Waals surface area contributed by atoms with E-state index in [1.165, 1.54) is 5.69 Å². The molecule has 1 fully saturated rings. The summed E-state index contributed by atoms with van der Waals surface area (Å²) in [6, 6.07) is 6.78. The molecule has 2 aliphatic heterocycles. The minimum absolute atomic E-state index is 0.619. The van der Waals surface area contributed by atoms with Crippen molar-refractivity contribution in [3.63, 3.8) is 0 Å². The summed E-state index contributed by atoms with van der Waals surface area (Å²) in [6.07, 6.45) is 0. The average Bonchev–Trinajstić information content (AvgIpc) is 2.27. The molecule has 0 atom stereocenters. The van der Waals surface area contributed by atoms with Gasteiger partial charge in [0, 0.05) is 30.9 Å². The van der Waals surface area contributed by atoms with Crippen LogP contribution in [-0.2, 0) is 0 Å². The molecule has 0 amide bonds. The van der Waals surface area contributed by atoms with Gasteiger partial charge >= 0.3 is 0 Å². The van der Waals surface area contributed by atoms with Crippen molar-refractivity contribution in [1.82, 2.24) is 5.32 Å². The Labute approximate surface area is 95.1 Å². The van der Waals surface area contributed by atoms with Gasteiger partial charge in [-0.2, -0.15) is 0 Å². The monoisotopic (exact) mass is 220 g/mol. The van der Waals surface area contributed by atoms with E-state index in [2.05, 4.69) is 22.3 Å². The predicted molar refractivity (Wildman–Crippen MR) is 62.5 cm³/mol. The average molecular weight is 220 g/mol. The van der Waals surface area contributed by atoms with Crippen LogP contribution >= 0.6 is 0 Å². The standard InChI is InChI=1S/C12H16N2O2/c1-13-9-7-14(8-9)10-2-3-11-12(6-10)16-5-4-15-11/h2-3,6,9,13H,4-5,7-8H2,1H3. The zero-order valence-electron chi connectivity index (χ0n) is 9.40. The highest BCUT2D eigenvalue weighted by Crippen LogP contribution is 2.35. The van der Waals surface area contributed by atoms with Gasteiger partial charge in [0.25, 0.3) is 0 Å². The maximum absolute atomic E-state index is 5.57. The van der Waals surface area contributed by atoms with Crippen molar-refractivity contribution in [2.45, 2.75) is 6.04 Å². The Hall–Kier alpha value is -1.42. The predicted octanol–water partition coefficient (Wildman–Crippen LogP) is 0.866. The van der Waals surface area contributed by atoms with E-state index < -0.39 is 0 Å². The summed E-state index contributed by atoms with van der Waals surface area (Å²) < 4.78 is 11.1. The van der Waals surface area contributed by atoms with Crippen LogP contribution in [0.2, 0.25) is 0 Å². The zero-order chi connectivity index (χ0) is 11.0. The van der Waals surface area contributed by atoms with Crippen molar-refractivity contribution in [1.29, 1.82) is 0 Å². The Morgan fingerprint density at radius 3 is 2.69 bits per heavy atom. The molecule has 0 radical (unpaired) electrons. The van der Waals surface area contributed by atoms with E-state index in [4.69, 9.17) is 9.47 Å². The molecule has 1 saturated heterocycles. The molecule has 2 heterocycles. The second-order valence-electron chi connectivity index (χ2n) is 4.22. The van der Waals surface area contributed by atoms with E-state index in [9.17, 15) is 0 Å². The van der Waals surface area contributed by atoms with Crippen LogP contribution in [0, 0.1) is 0 Å². The number of ether oxygens (including phenoxy) is 2. The number of anilines is 1. The Morgan fingerprint density at radius 2 is 1.94 bits per heavy atom. The van der Waals surface area contributed by atoms with Gasteiger partial charge in [-0.25, -0.2) is 0 Å². The molecule has 0 spiro atoms. The number of hydrogen-bond acceptors (Lipinski definition) is 4. The lowest BCUT2D eigenvalue weighted by molar-refractivity contribution is 0.171. The smallest absolute Gasteiger partial charge is 0.163 e. The van der Waals surface area contributed by atoms with Crippen molar-refractivity contribution in [3.05, 3.63) is 18.2 Å². The molecular formula is C12H16N2O2. The summed E-state index contributed by atoms with van der Waals surface area (Å²) in [5.41, 5.74) is 1.22. The first kappa shape index (κ1) is 9.78. The SMILES string of the molecule is CNC1CN(c2ccc3c(c2)OCCO3)C1. The summed E-state index contributed by atoms with van der Waals surface area (Å²) >= 11 is 0. The van der Waals surface area contributed by atoms with Crippen LogP contribution in [0.25, 0.3) is 0 Å². The number of benzene rings is 1. The molecule has 0 unspecified atom stereocenters. The fourth-order valence-electron chi connectivity index (χ4n) is 2.10. The van der Waals surface area contributed by atoms with Crippen molar-refractivity contribution in [3.8, 4) is 11.5 Å². The van der Waals surface area contributed by atoms with E-state index in [1.807, 2.05) is 13.1 Å². The van der Waals surface area contributed by atoms with Gasteiger partial charge in [0.1, 0.15) is 13.2 Å². The summed E-state index contributed by atoms with van der Waals surface area (Å²) in [6.45, 7) is 3.43. The first-order valence-electron chi connectivity index (χ1n) is 5.68. The number of fused-ring (bicyclic) bond motifs is 1. The van der Waals surface area contributed by atoms with E-state index in [0.717, 1.165) is 24.6 Å². The van der Waals surface area contributed by atoms with Gasteiger partial charge in [0.15, 0.2) is 11.5 Å². The molecule has 86 valence electrons. The van der Waals surface area contributed by atoms with Gasteiger partial charge in [-0.1, -0.05) is 0 Å². The van der Waals surface area contributed by atoms with Crippen molar-refractivity contribution in [2.24, 2.45) is 0 Å². The minimum atomic E-state index is 0.619. The highest BCUT2D eigenvalue weighted by Gasteiger charge is 2.26. The Kier molecular flexibility index (Phi) is 2.36.